The second-order valence-corrected chi connectivity index (χ2v) is 58.6. The molecule has 24 rings (SSSR count). The van der Waals surface area contributed by atoms with E-state index >= 15 is 0 Å². The summed E-state index contributed by atoms with van der Waals surface area (Å²) in [4.78, 5) is 21.7. The van der Waals surface area contributed by atoms with Gasteiger partial charge >= 0.3 is 37.9 Å². The summed E-state index contributed by atoms with van der Waals surface area (Å²) in [5, 5.41) is 1.61. The van der Waals surface area contributed by atoms with Crippen molar-refractivity contribution in [2.45, 2.75) is 206 Å². The molecule has 0 radical (unpaired) electrons. The fraction of sp³-hybridized carbons (Fsp3) is 0.262. The van der Waals surface area contributed by atoms with Gasteiger partial charge in [-0.05, 0) is 310 Å². The van der Waals surface area contributed by atoms with Gasteiger partial charge in [0.2, 0.25) is 0 Å². The average molecular weight is 1990 g/mol. The van der Waals surface area contributed by atoms with Crippen molar-refractivity contribution >= 4 is 148 Å². The molecule has 0 spiro atoms. The summed E-state index contributed by atoms with van der Waals surface area (Å²) >= 11 is 6.87. The molecule has 4 fully saturated rings. The van der Waals surface area contributed by atoms with Crippen LogP contribution < -0.4 is 19.6 Å². The Balaban J connectivity index is 0.000000160. The monoisotopic (exact) mass is 1990 g/mol. The quantitative estimate of drug-likeness (QED) is 0.0875. The van der Waals surface area contributed by atoms with Gasteiger partial charge in [-0.3, -0.25) is 0 Å². The second kappa shape index (κ2) is 38.3. The molecule has 0 amide bonds. The van der Waals surface area contributed by atoms with E-state index in [0.717, 1.165) is 41.2 Å². The number of halogens is 2. The summed E-state index contributed by atoms with van der Waals surface area (Å²) in [6, 6.07) is 122. The molecule has 4 heterocycles. The van der Waals surface area contributed by atoms with Gasteiger partial charge in [-0.2, -0.15) is 0 Å². The van der Waals surface area contributed by atoms with Gasteiger partial charge in [-0.25, -0.2) is 0 Å². The van der Waals surface area contributed by atoms with Crippen molar-refractivity contribution in [2.24, 2.45) is 35.5 Å². The van der Waals surface area contributed by atoms with Crippen LogP contribution in [-0.4, -0.2) is 28.2 Å². The molecule has 14 aromatic rings. The van der Waals surface area contributed by atoms with Gasteiger partial charge in [0.05, 0.1) is 73.0 Å². The van der Waals surface area contributed by atoms with Crippen LogP contribution in [0.1, 0.15) is 139 Å². The number of hydrogen-bond donors (Lipinski definition) is 0. The van der Waals surface area contributed by atoms with E-state index in [1.807, 2.05) is 47.0 Å². The van der Waals surface area contributed by atoms with Crippen molar-refractivity contribution in [1.82, 2.24) is 0 Å². The standard InChI is InChI=1S/C60H66N2S2Si.C60H50N2S2Si.2CH3.2ClH.Zr/c2*1-37-23-27-41(28-24-37)43-33-47-45(53(35-43)61-49-15-7-11-19-55(49)63-56-20-12-8-16-50(56)61)31-39(3)59(47)65(5,6)60-40(4)32-46-48(60)34-44(42-29-25-38(2)26-30-42)36-54(46)62-51-17-9-13-21-57(51)64-58-22-14-10-18-52(58)62;;;;;/h7-30,39-40,43-48,53-54,59-60H,31-36H2,1-6H3;7-31,33-36,59H,32H2,1-6H3;2*1H3;2*1H;/q;;2*-1;;;+4/p-2. The van der Waals surface area contributed by atoms with Gasteiger partial charge in [-0.15, -0.1) is 0 Å². The second-order valence-electron chi connectivity index (χ2n) is 41.0. The number of allylic oxidation sites excluding steroid dienone is 2. The van der Waals surface area contributed by atoms with Crippen LogP contribution >= 0.6 is 64.1 Å². The van der Waals surface area contributed by atoms with Crippen molar-refractivity contribution in [2.75, 3.05) is 19.6 Å². The summed E-state index contributed by atoms with van der Waals surface area (Å²) in [6.07, 6.45) is 11.3. The zero-order valence-electron chi connectivity index (χ0n) is 80.2. The van der Waals surface area contributed by atoms with Crippen molar-refractivity contribution in [3.05, 3.63) is 397 Å². The third kappa shape index (κ3) is 16.9. The number of anilines is 10. The van der Waals surface area contributed by atoms with Crippen LogP contribution in [0.4, 0.5) is 56.9 Å². The van der Waals surface area contributed by atoms with Crippen molar-refractivity contribution in [1.29, 1.82) is 0 Å². The Morgan fingerprint density at radius 2 is 0.644 bits per heavy atom. The molecule has 13 atom stereocenters. The zero-order valence-corrected chi connectivity index (χ0v) is 89.5. The molecule has 0 N–H and O–H groups in total. The van der Waals surface area contributed by atoms with E-state index in [-0.39, 0.29) is 20.4 Å². The predicted molar refractivity (Wildman–Crippen MR) is 584 cm³/mol. The third-order valence-corrected chi connectivity index (χ3v) is 46.4. The summed E-state index contributed by atoms with van der Waals surface area (Å²) in [5.41, 5.74) is 37.3. The number of fused-ring (bicyclic) bond motifs is 12. The van der Waals surface area contributed by atoms with Crippen molar-refractivity contribution in [3.8, 4) is 22.3 Å². The van der Waals surface area contributed by atoms with Crippen LogP contribution in [0.5, 0.6) is 0 Å². The predicted octanol–water partition coefficient (Wildman–Crippen LogP) is 37.2. The average Bonchev–Trinajstić information content (AvgIpc) is 1.53. The van der Waals surface area contributed by atoms with Gasteiger partial charge in [0.15, 0.2) is 0 Å². The van der Waals surface area contributed by atoms with Gasteiger partial charge in [0.1, 0.15) is 0 Å². The van der Waals surface area contributed by atoms with Gasteiger partial charge in [0.25, 0.3) is 0 Å². The van der Waals surface area contributed by atoms with E-state index in [2.05, 4.69) is 423 Å². The number of rotatable bonds is 12. The van der Waals surface area contributed by atoms with E-state index in [4.69, 9.17) is 17.0 Å². The van der Waals surface area contributed by atoms with Crippen LogP contribution in [0.15, 0.2) is 366 Å². The molecule has 10 aliphatic rings. The number of hydrogen-bond acceptors (Lipinski definition) is 8. The van der Waals surface area contributed by atoms with E-state index in [9.17, 15) is 0 Å². The Morgan fingerprint density at radius 1 is 0.333 bits per heavy atom. The zero-order chi connectivity index (χ0) is 91.0. The molecule has 14 aromatic carbocycles. The minimum absolute atomic E-state index is 0. The Hall–Kier alpha value is -8.94. The Bertz CT molecular complexity index is 6530. The summed E-state index contributed by atoms with van der Waals surface area (Å²) in [7, 11) is 5.52. The van der Waals surface area contributed by atoms with E-state index in [1.165, 1.54) is 212 Å². The van der Waals surface area contributed by atoms with Crippen molar-refractivity contribution in [3.63, 3.8) is 0 Å². The topological polar surface area (TPSA) is 13.0 Å². The molecule has 13 heteroatoms. The fourth-order valence-electron chi connectivity index (χ4n) is 27.4. The minimum atomic E-state index is -2.40. The van der Waals surface area contributed by atoms with Crippen LogP contribution in [0.3, 0.4) is 0 Å². The molecule has 135 heavy (non-hydrogen) atoms. The molecule has 0 saturated heterocycles. The molecule has 0 aromatic heterocycles. The Labute approximate surface area is 841 Å². The first-order chi connectivity index (χ1) is 64.6. The van der Waals surface area contributed by atoms with Gasteiger partial charge in [0, 0.05) is 62.4 Å². The molecule has 4 saturated carbocycles. The number of benzene rings is 14. The molecule has 13 unspecified atom stereocenters. The van der Waals surface area contributed by atoms with E-state index < -0.39 is 37.0 Å². The Morgan fingerprint density at radius 3 is 1.01 bits per heavy atom. The molecular weight excluding hydrogens is 1870 g/mol. The maximum atomic E-state index is 4.93. The Kier molecular flexibility index (Phi) is 26.6. The molecule has 6 aliphatic carbocycles. The fourth-order valence-corrected chi connectivity index (χ4v) is 42.9. The summed E-state index contributed by atoms with van der Waals surface area (Å²) < 4.78 is 0. The van der Waals surface area contributed by atoms with Crippen molar-refractivity contribution < 1.29 is 20.8 Å². The SMILES string of the molecule is CC1=Cc2c(cc(-c3ccc(C)cc3)cc2N2c3ccccc3Sc3ccccc32)C1[Si](C)(C)C1=C(C)Cc2c1cc(-c1ccc(C)cc1)cc2N1c2ccccc2Sc2ccccc21.Cc1ccc(C2CC3C(CC(C)C3[Si](C)(C)C3C(C)CC4C3CC(c3ccc(C)cc3)CC4N3c4ccccc4Sc4ccccc43)C(N3c4ccccc4Sc4ccccc43)C2)cc1.[CH3-].[CH3-].[Cl][Zr+2][Cl]. The number of para-hydroxylation sites is 8. The third-order valence-electron chi connectivity index (χ3n) is 32.3. The number of aryl methyl sites for hydroxylation is 4. The van der Waals surface area contributed by atoms with Crippen LogP contribution in [0, 0.1) is 78.1 Å². The van der Waals surface area contributed by atoms with Gasteiger partial charge < -0.3 is 34.5 Å². The maximum absolute atomic E-state index is 4.93. The van der Waals surface area contributed by atoms with E-state index in [1.54, 1.807) is 16.3 Å². The van der Waals surface area contributed by atoms with Crippen LogP contribution in [-0.2, 0) is 27.3 Å². The first-order valence-corrected chi connectivity index (χ1v) is 64.1. The summed E-state index contributed by atoms with van der Waals surface area (Å²) in [5.74, 6) is 5.38. The first kappa shape index (κ1) is 93.7. The first-order valence-electron chi connectivity index (χ1n) is 48.3. The molecular formula is C122H122Cl2N4S4Si2Zr. The number of nitrogens with zero attached hydrogens (tertiary/aromatic N) is 4. The molecule has 680 valence electrons. The van der Waals surface area contributed by atoms with Crippen LogP contribution in [0.2, 0.25) is 37.3 Å². The molecule has 4 aliphatic heterocycles. The molecule has 0 bridgehead atoms. The molecule has 4 nitrogen and oxygen atoms in total. The normalized spacial score (nSPS) is 22.7. The summed E-state index contributed by atoms with van der Waals surface area (Å²) in [6.45, 7) is 30.4. The van der Waals surface area contributed by atoms with E-state index in [0.29, 0.717) is 35.8 Å². The van der Waals surface area contributed by atoms with Gasteiger partial charge in [-0.1, -0.05) is 332 Å². The van der Waals surface area contributed by atoms with Crippen LogP contribution in [0.25, 0.3) is 33.5 Å².